The van der Waals surface area contributed by atoms with Crippen molar-refractivity contribution in [2.75, 3.05) is 0 Å². The van der Waals surface area contributed by atoms with E-state index in [1.807, 2.05) is 0 Å². The molecule has 0 rings (SSSR count). The number of hydrogen-bond acceptors (Lipinski definition) is 6. The molecule has 0 saturated carbocycles. The smallest absolute Gasteiger partial charge is 0.481 e. The van der Waals surface area contributed by atoms with Crippen molar-refractivity contribution in [3.63, 3.8) is 0 Å². The minimum absolute atomic E-state index is 1.08. The fourth-order valence-corrected chi connectivity index (χ4v) is 1.13. The second kappa shape index (κ2) is 6.39. The van der Waals surface area contributed by atoms with Gasteiger partial charge < -0.3 is 30.3 Å². The zero-order valence-electron chi connectivity index (χ0n) is 8.72. The van der Waals surface area contributed by atoms with Gasteiger partial charge in [0.2, 0.25) is 6.10 Å². The minimum Gasteiger partial charge on any atom is -0.481 e. The van der Waals surface area contributed by atoms with Gasteiger partial charge in [-0.3, -0.25) is 9.59 Å². The molecule has 0 aromatic rings. The highest BCUT2D eigenvalue weighted by Gasteiger charge is 2.40. The average molecular weight is 266 g/mol. The van der Waals surface area contributed by atoms with Gasteiger partial charge in [0.1, 0.15) is 6.10 Å². The maximum Gasteiger partial charge on any atom is 0.506 e. The maximum atomic E-state index is 10.7. The van der Waals surface area contributed by atoms with Crippen molar-refractivity contribution in [3.8, 4) is 0 Å². The van der Waals surface area contributed by atoms with E-state index in [1.165, 1.54) is 0 Å². The van der Waals surface area contributed by atoms with Crippen LogP contribution in [0.25, 0.3) is 0 Å². The molecule has 5 N–H and O–H groups in total. The summed E-state index contributed by atoms with van der Waals surface area (Å²) >= 11 is 0. The Hall–Kier alpha value is -2.36. The summed E-state index contributed by atoms with van der Waals surface area (Å²) in [5.74, 6) is -7.32. The van der Waals surface area contributed by atoms with Crippen LogP contribution in [0.2, 0.25) is 0 Å². The third-order valence-electron chi connectivity index (χ3n) is 1.91. The highest BCUT2D eigenvalue weighted by atomic mass is 16.7. The Morgan fingerprint density at radius 1 is 0.944 bits per heavy atom. The summed E-state index contributed by atoms with van der Waals surface area (Å²) in [6, 6.07) is 0. The molecule has 0 aromatic heterocycles. The summed E-state index contributed by atoms with van der Waals surface area (Å²) in [4.78, 5) is 41.8. The van der Waals surface area contributed by atoms with Gasteiger partial charge in [0.15, 0.2) is 0 Å². The van der Waals surface area contributed by atoms with Crippen molar-refractivity contribution in [3.05, 3.63) is 0 Å². The largest absolute Gasteiger partial charge is 0.506 e. The summed E-state index contributed by atoms with van der Waals surface area (Å²) in [5.41, 5.74) is 0. The molecular formula is C8H10O10. The SMILES string of the molecule is O=C(O)CC(C(=O)O)C(O)C(OC(=O)O)C(=O)O. The molecule has 0 aliphatic rings. The van der Waals surface area contributed by atoms with Crippen LogP contribution in [0.15, 0.2) is 0 Å². The number of aliphatic hydroxyl groups excluding tert-OH is 1. The van der Waals surface area contributed by atoms with Gasteiger partial charge >= 0.3 is 24.1 Å². The summed E-state index contributed by atoms with van der Waals surface area (Å²) in [7, 11) is 0. The summed E-state index contributed by atoms with van der Waals surface area (Å²) in [6.45, 7) is 0. The van der Waals surface area contributed by atoms with Crippen molar-refractivity contribution < 1.29 is 49.4 Å². The molecule has 0 spiro atoms. The normalized spacial score (nSPS) is 15.2. The lowest BCUT2D eigenvalue weighted by Crippen LogP contribution is -2.45. The predicted molar refractivity (Wildman–Crippen MR) is 49.9 cm³/mol. The van der Waals surface area contributed by atoms with E-state index in [-0.39, 0.29) is 0 Å². The Morgan fingerprint density at radius 3 is 1.72 bits per heavy atom. The molecule has 0 aliphatic carbocycles. The number of hydrogen-bond donors (Lipinski definition) is 5. The fourth-order valence-electron chi connectivity index (χ4n) is 1.13. The molecule has 0 fully saturated rings. The van der Waals surface area contributed by atoms with Crippen LogP contribution in [0, 0.1) is 5.92 Å². The Balaban J connectivity index is 5.05. The van der Waals surface area contributed by atoms with Crippen LogP contribution in [-0.4, -0.2) is 61.8 Å². The van der Waals surface area contributed by atoms with Gasteiger partial charge in [-0.2, -0.15) is 0 Å². The highest BCUT2D eigenvalue weighted by Crippen LogP contribution is 2.16. The van der Waals surface area contributed by atoms with Gasteiger partial charge in [-0.05, 0) is 0 Å². The number of ether oxygens (including phenoxy) is 1. The fraction of sp³-hybridized carbons (Fsp3) is 0.500. The van der Waals surface area contributed by atoms with E-state index in [2.05, 4.69) is 4.74 Å². The molecule has 3 atom stereocenters. The van der Waals surface area contributed by atoms with Gasteiger partial charge in [0.25, 0.3) is 0 Å². The molecule has 0 amide bonds. The quantitative estimate of drug-likeness (QED) is 0.346. The van der Waals surface area contributed by atoms with Gasteiger partial charge in [-0.15, -0.1) is 0 Å². The van der Waals surface area contributed by atoms with Gasteiger partial charge in [-0.25, -0.2) is 9.59 Å². The van der Waals surface area contributed by atoms with Crippen molar-refractivity contribution in [1.82, 2.24) is 0 Å². The van der Waals surface area contributed by atoms with E-state index in [4.69, 9.17) is 20.4 Å². The van der Waals surface area contributed by atoms with Crippen LogP contribution in [0.5, 0.6) is 0 Å². The first-order valence-electron chi connectivity index (χ1n) is 4.41. The van der Waals surface area contributed by atoms with Crippen LogP contribution >= 0.6 is 0 Å². The Kier molecular flexibility index (Phi) is 5.56. The zero-order chi connectivity index (χ0) is 14.5. The number of carboxylic acid groups (broad SMARTS) is 4. The van der Waals surface area contributed by atoms with Crippen LogP contribution in [0.4, 0.5) is 4.79 Å². The Labute approximate surface area is 99.0 Å². The summed E-state index contributed by atoms with van der Waals surface area (Å²) in [6.07, 6.45) is -7.83. The zero-order valence-corrected chi connectivity index (χ0v) is 8.72. The summed E-state index contributed by atoms with van der Waals surface area (Å²) in [5, 5.41) is 43.2. The highest BCUT2D eigenvalue weighted by molar-refractivity contribution is 5.81. The molecule has 10 nitrogen and oxygen atoms in total. The molecule has 0 heterocycles. The average Bonchev–Trinajstić information content (AvgIpc) is 2.20. The predicted octanol–water partition coefficient (Wildman–Crippen LogP) is -1.33. The monoisotopic (exact) mass is 266 g/mol. The van der Waals surface area contributed by atoms with Crippen LogP contribution in [0.3, 0.4) is 0 Å². The van der Waals surface area contributed by atoms with E-state index in [9.17, 15) is 24.3 Å². The van der Waals surface area contributed by atoms with Crippen LogP contribution in [-0.2, 0) is 19.1 Å². The first kappa shape index (κ1) is 15.6. The number of carbonyl (C=O) groups is 4. The molecule has 0 radical (unpaired) electrons. The van der Waals surface area contributed by atoms with E-state index in [0.29, 0.717) is 0 Å². The second-order valence-electron chi connectivity index (χ2n) is 3.18. The van der Waals surface area contributed by atoms with Crippen molar-refractivity contribution in [2.24, 2.45) is 5.92 Å². The Morgan fingerprint density at radius 2 is 1.44 bits per heavy atom. The number of rotatable bonds is 7. The number of aliphatic hydroxyl groups is 1. The minimum atomic E-state index is -2.39. The Bertz CT molecular complexity index is 327. The topological polar surface area (TPSA) is 179 Å². The molecule has 102 valence electrons. The molecule has 10 heteroatoms. The first-order chi connectivity index (χ1) is 8.16. The molecule has 3 unspecified atom stereocenters. The van der Waals surface area contributed by atoms with Gasteiger partial charge in [0, 0.05) is 0 Å². The molecule has 0 aliphatic heterocycles. The second-order valence-corrected chi connectivity index (χ2v) is 3.18. The van der Waals surface area contributed by atoms with E-state index < -0.39 is 48.6 Å². The molecule has 18 heavy (non-hydrogen) atoms. The molecule has 0 bridgehead atoms. The third-order valence-corrected chi connectivity index (χ3v) is 1.91. The number of carboxylic acids is 3. The standard InChI is InChI=1S/C8H10O10/c9-3(10)1-2(6(12)13)4(11)5(7(14)15)18-8(16)17/h2,4-5,11H,1H2,(H,9,10)(H,12,13)(H,14,15)(H,16,17). The summed E-state index contributed by atoms with van der Waals surface area (Å²) < 4.78 is 3.80. The molecular weight excluding hydrogens is 256 g/mol. The lowest BCUT2D eigenvalue weighted by Gasteiger charge is -2.22. The van der Waals surface area contributed by atoms with E-state index in [0.717, 1.165) is 0 Å². The lowest BCUT2D eigenvalue weighted by molar-refractivity contribution is -0.165. The van der Waals surface area contributed by atoms with E-state index in [1.54, 1.807) is 0 Å². The van der Waals surface area contributed by atoms with Crippen LogP contribution in [0.1, 0.15) is 6.42 Å². The maximum absolute atomic E-state index is 10.7. The first-order valence-corrected chi connectivity index (χ1v) is 4.41. The van der Waals surface area contributed by atoms with Crippen molar-refractivity contribution in [2.45, 2.75) is 18.6 Å². The lowest BCUT2D eigenvalue weighted by atomic mass is 9.94. The molecule has 0 saturated heterocycles. The van der Waals surface area contributed by atoms with Crippen molar-refractivity contribution >= 4 is 24.1 Å². The van der Waals surface area contributed by atoms with Gasteiger partial charge in [-0.1, -0.05) is 0 Å². The molecule has 0 aromatic carbocycles. The number of aliphatic carboxylic acids is 3. The van der Waals surface area contributed by atoms with Crippen molar-refractivity contribution in [1.29, 1.82) is 0 Å². The van der Waals surface area contributed by atoms with Gasteiger partial charge in [0.05, 0.1) is 12.3 Å². The third kappa shape index (κ3) is 4.65. The van der Waals surface area contributed by atoms with Crippen LogP contribution < -0.4 is 0 Å². The van der Waals surface area contributed by atoms with E-state index >= 15 is 0 Å².